The molecule has 114 valence electrons. The molecule has 2 heterocycles. The lowest BCUT2D eigenvalue weighted by atomic mass is 9.99. The number of sulfonamides is 1. The highest BCUT2D eigenvalue weighted by Gasteiger charge is 2.35. The first-order valence-electron chi connectivity index (χ1n) is 6.69. The van der Waals surface area contributed by atoms with Crippen molar-refractivity contribution in [2.24, 2.45) is 0 Å². The van der Waals surface area contributed by atoms with E-state index in [4.69, 9.17) is 4.74 Å². The summed E-state index contributed by atoms with van der Waals surface area (Å²) < 4.78 is 32.8. The molecule has 1 atom stereocenters. The van der Waals surface area contributed by atoms with Gasteiger partial charge in [-0.25, -0.2) is 13.1 Å². The van der Waals surface area contributed by atoms with Crippen LogP contribution in [0.15, 0.2) is 11.0 Å². The zero-order valence-electron chi connectivity index (χ0n) is 12.2. The summed E-state index contributed by atoms with van der Waals surface area (Å²) in [4.78, 5) is 2.23. The number of rotatable bonds is 6. The summed E-state index contributed by atoms with van der Waals surface area (Å²) in [5.74, 6) is 0. The van der Waals surface area contributed by atoms with Gasteiger partial charge < -0.3 is 10.1 Å². The van der Waals surface area contributed by atoms with E-state index < -0.39 is 10.0 Å². The van der Waals surface area contributed by atoms with Crippen LogP contribution in [0.1, 0.15) is 22.6 Å². The third-order valence-electron chi connectivity index (χ3n) is 3.64. The van der Waals surface area contributed by atoms with Gasteiger partial charge in [0.15, 0.2) is 0 Å². The molecule has 0 radical (unpaired) electrons. The van der Waals surface area contributed by atoms with Crippen LogP contribution in [0, 0.1) is 13.8 Å². The molecule has 1 saturated heterocycles. The van der Waals surface area contributed by atoms with E-state index in [0.29, 0.717) is 18.0 Å². The van der Waals surface area contributed by atoms with E-state index in [0.717, 1.165) is 29.1 Å². The van der Waals surface area contributed by atoms with Gasteiger partial charge in [0.05, 0.1) is 17.0 Å². The molecule has 0 aromatic carbocycles. The Morgan fingerprint density at radius 3 is 2.75 bits per heavy atom. The summed E-state index contributed by atoms with van der Waals surface area (Å²) in [6.45, 7) is 5.53. The van der Waals surface area contributed by atoms with Gasteiger partial charge in [0.2, 0.25) is 10.0 Å². The van der Waals surface area contributed by atoms with E-state index in [1.807, 2.05) is 13.8 Å². The lowest BCUT2D eigenvalue weighted by molar-refractivity contribution is 0.122. The zero-order valence-corrected chi connectivity index (χ0v) is 13.8. The maximum Gasteiger partial charge on any atom is 0.241 e. The quantitative estimate of drug-likeness (QED) is 0.832. The van der Waals surface area contributed by atoms with Gasteiger partial charge in [0, 0.05) is 23.4 Å². The van der Waals surface area contributed by atoms with Gasteiger partial charge in [0.1, 0.15) is 0 Å². The van der Waals surface area contributed by atoms with E-state index in [-0.39, 0.29) is 5.54 Å². The predicted molar refractivity (Wildman–Crippen MR) is 80.8 cm³/mol. The molecular weight excluding hydrogens is 296 g/mol. The van der Waals surface area contributed by atoms with E-state index in [1.165, 1.54) is 11.3 Å². The van der Waals surface area contributed by atoms with Crippen molar-refractivity contribution in [1.29, 1.82) is 0 Å². The van der Waals surface area contributed by atoms with E-state index >= 15 is 0 Å². The van der Waals surface area contributed by atoms with Gasteiger partial charge in [0.25, 0.3) is 0 Å². The number of thiophene rings is 1. The smallest absolute Gasteiger partial charge is 0.241 e. The minimum atomic E-state index is -3.45. The van der Waals surface area contributed by atoms with Crippen molar-refractivity contribution in [1.82, 2.24) is 10.0 Å². The van der Waals surface area contributed by atoms with Crippen molar-refractivity contribution >= 4 is 21.4 Å². The van der Waals surface area contributed by atoms with Crippen molar-refractivity contribution < 1.29 is 13.2 Å². The Morgan fingerprint density at radius 2 is 2.25 bits per heavy atom. The largest absolute Gasteiger partial charge is 0.383 e. The number of ether oxygens (including phenoxy) is 1. The summed E-state index contributed by atoms with van der Waals surface area (Å²) in [7, 11) is -1.81. The van der Waals surface area contributed by atoms with E-state index in [2.05, 4.69) is 10.0 Å². The molecule has 2 N–H and O–H groups in total. The fraction of sp³-hybridized carbons (Fsp3) is 0.692. The molecule has 0 spiro atoms. The maximum atomic E-state index is 12.4. The number of nitrogens with one attached hydrogen (secondary N) is 2. The fourth-order valence-corrected chi connectivity index (χ4v) is 5.34. The molecular formula is C13H22N2O3S2. The molecule has 1 aliphatic rings. The molecule has 1 aliphatic heterocycles. The van der Waals surface area contributed by atoms with E-state index in [9.17, 15) is 8.42 Å². The lowest BCUT2D eigenvalue weighted by Crippen LogP contribution is -2.52. The third-order valence-corrected chi connectivity index (χ3v) is 6.26. The summed E-state index contributed by atoms with van der Waals surface area (Å²) in [6.07, 6.45) is 1.96. The van der Waals surface area contributed by atoms with Crippen LogP contribution in [0.2, 0.25) is 0 Å². The van der Waals surface area contributed by atoms with Gasteiger partial charge in [-0.2, -0.15) is 0 Å². The molecule has 0 saturated carbocycles. The zero-order chi connectivity index (χ0) is 14.8. The van der Waals surface area contributed by atoms with Crippen LogP contribution in [0.25, 0.3) is 0 Å². The number of methoxy groups -OCH3 is 1. The summed E-state index contributed by atoms with van der Waals surface area (Å²) in [5.41, 5.74) is -0.277. The Hall–Kier alpha value is -0.470. The first-order valence-corrected chi connectivity index (χ1v) is 8.99. The monoisotopic (exact) mass is 318 g/mol. The van der Waals surface area contributed by atoms with Gasteiger partial charge >= 0.3 is 0 Å². The van der Waals surface area contributed by atoms with Crippen molar-refractivity contribution in [3.05, 3.63) is 15.8 Å². The van der Waals surface area contributed by atoms with Gasteiger partial charge in [-0.3, -0.25) is 0 Å². The molecule has 0 amide bonds. The minimum Gasteiger partial charge on any atom is -0.383 e. The van der Waals surface area contributed by atoms with Crippen LogP contribution in [0.3, 0.4) is 0 Å². The minimum absolute atomic E-state index is 0.277. The first kappa shape index (κ1) is 15.9. The Balaban J connectivity index is 2.10. The summed E-state index contributed by atoms with van der Waals surface area (Å²) in [6, 6.07) is 1.73. The van der Waals surface area contributed by atoms with Crippen LogP contribution in [0.4, 0.5) is 0 Å². The average molecular weight is 318 g/mol. The number of hydrogen-bond donors (Lipinski definition) is 2. The Labute approximate surface area is 124 Å². The Kier molecular flexibility index (Phi) is 4.86. The van der Waals surface area contributed by atoms with Crippen LogP contribution >= 0.6 is 11.3 Å². The number of hydrogen-bond acceptors (Lipinski definition) is 5. The normalized spacial score (nSPS) is 23.4. The summed E-state index contributed by atoms with van der Waals surface area (Å²) in [5, 5.41) is 3.37. The molecule has 1 aromatic heterocycles. The molecule has 20 heavy (non-hydrogen) atoms. The van der Waals surface area contributed by atoms with Crippen molar-refractivity contribution in [3.63, 3.8) is 0 Å². The third kappa shape index (κ3) is 3.40. The average Bonchev–Trinajstić information content (AvgIpc) is 2.95. The SMILES string of the molecule is COCC1(CNS(=O)(=O)c2cc(C)sc2C)CCCN1. The number of aryl methyl sites for hydroxylation is 2. The second kappa shape index (κ2) is 6.11. The van der Waals surface area contributed by atoms with Crippen molar-refractivity contribution in [2.45, 2.75) is 37.1 Å². The van der Waals surface area contributed by atoms with Gasteiger partial charge in [-0.05, 0) is 39.3 Å². The molecule has 0 aliphatic carbocycles. The standard InChI is InChI=1S/C13H22N2O3S2/c1-10-7-12(11(2)19-10)20(16,17)15-8-13(9-18-3)5-4-6-14-13/h7,14-15H,4-6,8-9H2,1-3H3. The highest BCUT2D eigenvalue weighted by atomic mass is 32.2. The second-order valence-electron chi connectivity index (χ2n) is 5.35. The first-order chi connectivity index (χ1) is 9.38. The highest BCUT2D eigenvalue weighted by molar-refractivity contribution is 7.89. The van der Waals surface area contributed by atoms with Gasteiger partial charge in [-0.1, -0.05) is 0 Å². The van der Waals surface area contributed by atoms with Crippen LogP contribution < -0.4 is 10.0 Å². The lowest BCUT2D eigenvalue weighted by Gasteiger charge is -2.28. The molecule has 0 bridgehead atoms. The molecule has 7 heteroatoms. The van der Waals surface area contributed by atoms with Crippen LogP contribution in [0.5, 0.6) is 0 Å². The fourth-order valence-electron chi connectivity index (χ4n) is 2.66. The molecule has 1 aromatic rings. The van der Waals surface area contributed by atoms with Crippen LogP contribution in [-0.2, 0) is 14.8 Å². The molecule has 1 unspecified atom stereocenters. The predicted octanol–water partition coefficient (Wildman–Crippen LogP) is 1.41. The molecule has 2 rings (SSSR count). The Bertz CT molecular complexity index is 560. The van der Waals surface area contributed by atoms with Crippen molar-refractivity contribution in [2.75, 3.05) is 26.8 Å². The molecule has 1 fully saturated rings. The van der Waals surface area contributed by atoms with Crippen molar-refractivity contribution in [3.8, 4) is 0 Å². The maximum absolute atomic E-state index is 12.4. The second-order valence-corrected chi connectivity index (χ2v) is 8.54. The topological polar surface area (TPSA) is 67.4 Å². The molecule has 5 nitrogen and oxygen atoms in total. The van der Waals surface area contributed by atoms with E-state index in [1.54, 1.807) is 13.2 Å². The Morgan fingerprint density at radius 1 is 1.50 bits per heavy atom. The summed E-state index contributed by atoms with van der Waals surface area (Å²) >= 11 is 1.50. The van der Waals surface area contributed by atoms with Gasteiger partial charge in [-0.15, -0.1) is 11.3 Å². The highest BCUT2D eigenvalue weighted by Crippen LogP contribution is 2.25. The van der Waals surface area contributed by atoms with Crippen LogP contribution in [-0.4, -0.2) is 40.8 Å².